The summed E-state index contributed by atoms with van der Waals surface area (Å²) in [6, 6.07) is 0. The molecule has 0 aliphatic heterocycles. The first-order valence-electron chi connectivity index (χ1n) is 5.89. The number of carbonyl (C=O) groups excluding carboxylic acids is 1. The largest absolute Gasteiger partial charge is 0.302 e. The monoisotopic (exact) mass is 342 g/mol. The fraction of sp³-hybridized carbons (Fsp3) is 0.417. The number of carbonyl (C=O) groups is 1. The lowest BCUT2D eigenvalue weighted by atomic mass is 10.4. The Morgan fingerprint density at radius 2 is 2.21 bits per heavy atom. The number of nitrogens with zero attached hydrogens (tertiary/aromatic N) is 3. The molecule has 0 atom stereocenters. The maximum Gasteiger partial charge on any atom is 0.228 e. The van der Waals surface area contributed by atoms with Gasteiger partial charge in [0, 0.05) is 17.0 Å². The van der Waals surface area contributed by atoms with Crippen molar-refractivity contribution in [1.82, 2.24) is 14.8 Å². The summed E-state index contributed by atoms with van der Waals surface area (Å²) in [4.78, 5) is 17.2. The zero-order valence-corrected chi connectivity index (χ0v) is 13.4. The molecule has 0 unspecified atom stereocenters. The van der Waals surface area contributed by atoms with Gasteiger partial charge >= 0.3 is 0 Å². The summed E-state index contributed by atoms with van der Waals surface area (Å²) in [7, 11) is 0. The van der Waals surface area contributed by atoms with Gasteiger partial charge in [-0.2, -0.15) is 5.10 Å². The molecule has 0 saturated carbocycles. The average molecular weight is 343 g/mol. The van der Waals surface area contributed by atoms with Gasteiger partial charge in [0.15, 0.2) is 5.13 Å². The quantitative estimate of drug-likeness (QED) is 0.928. The Balaban J connectivity index is 1.90. The number of rotatable bonds is 4. The van der Waals surface area contributed by atoms with Crippen LogP contribution in [0.25, 0.3) is 0 Å². The van der Waals surface area contributed by atoms with E-state index in [1.54, 1.807) is 6.20 Å². The molecule has 19 heavy (non-hydrogen) atoms. The first-order valence-corrected chi connectivity index (χ1v) is 7.50. The lowest BCUT2D eigenvalue weighted by Crippen LogP contribution is -2.15. The third kappa shape index (κ3) is 3.42. The number of halogens is 1. The Morgan fingerprint density at radius 3 is 2.74 bits per heavy atom. The fourth-order valence-electron chi connectivity index (χ4n) is 1.56. The Hall–Kier alpha value is -1.21. The maximum atomic E-state index is 11.8. The Kier molecular flexibility index (Phi) is 4.36. The van der Waals surface area contributed by atoms with Gasteiger partial charge in [-0.3, -0.25) is 9.48 Å². The van der Waals surface area contributed by atoms with Gasteiger partial charge in [-0.1, -0.05) is 0 Å². The summed E-state index contributed by atoms with van der Waals surface area (Å²) >= 11 is 4.89. The van der Waals surface area contributed by atoms with Crippen LogP contribution in [0.5, 0.6) is 0 Å². The molecule has 0 aliphatic rings. The summed E-state index contributed by atoms with van der Waals surface area (Å²) in [5.41, 5.74) is 1.99. The first-order chi connectivity index (χ1) is 8.97. The van der Waals surface area contributed by atoms with E-state index < -0.39 is 0 Å². The lowest BCUT2D eigenvalue weighted by molar-refractivity contribution is -0.116. The van der Waals surface area contributed by atoms with E-state index in [0.717, 1.165) is 20.7 Å². The highest BCUT2D eigenvalue weighted by Gasteiger charge is 2.09. The number of hydrogen-bond acceptors (Lipinski definition) is 4. The van der Waals surface area contributed by atoms with Gasteiger partial charge in [0.2, 0.25) is 5.91 Å². The van der Waals surface area contributed by atoms with Crippen molar-refractivity contribution in [3.63, 3.8) is 0 Å². The molecule has 2 rings (SSSR count). The second-order valence-corrected chi connectivity index (χ2v) is 6.32. The molecule has 1 amide bonds. The topological polar surface area (TPSA) is 59.8 Å². The third-order valence-electron chi connectivity index (χ3n) is 2.87. The number of amides is 1. The molecule has 102 valence electrons. The van der Waals surface area contributed by atoms with E-state index in [0.29, 0.717) is 18.1 Å². The van der Waals surface area contributed by atoms with Crippen LogP contribution in [0.4, 0.5) is 5.13 Å². The van der Waals surface area contributed by atoms with Gasteiger partial charge in [-0.15, -0.1) is 11.3 Å². The first kappa shape index (κ1) is 14.2. The number of nitrogens with one attached hydrogen (secondary N) is 1. The standard InChI is InChI=1S/C12H15BrN4OS/c1-7-9(3)19-12(15-7)16-11(18)4-5-17-8(2)10(13)6-14-17/h6H,4-5H2,1-3H3,(H,15,16,18). The van der Waals surface area contributed by atoms with Gasteiger partial charge in [-0.05, 0) is 36.7 Å². The number of thiazole rings is 1. The SMILES string of the molecule is Cc1nc(NC(=O)CCn2ncc(Br)c2C)sc1C. The normalized spacial score (nSPS) is 10.7. The number of aromatic nitrogens is 3. The van der Waals surface area contributed by atoms with E-state index in [4.69, 9.17) is 0 Å². The van der Waals surface area contributed by atoms with Crippen LogP contribution in [0, 0.1) is 20.8 Å². The second-order valence-electron chi connectivity index (χ2n) is 4.26. The van der Waals surface area contributed by atoms with Crippen LogP contribution < -0.4 is 5.32 Å². The van der Waals surface area contributed by atoms with Crippen LogP contribution in [-0.2, 0) is 11.3 Å². The number of aryl methyl sites for hydroxylation is 3. The third-order valence-corrected chi connectivity index (χ3v) is 4.64. The van der Waals surface area contributed by atoms with Crippen LogP contribution in [0.1, 0.15) is 22.7 Å². The van der Waals surface area contributed by atoms with Gasteiger partial charge in [0.1, 0.15) is 0 Å². The van der Waals surface area contributed by atoms with Crippen molar-refractivity contribution in [2.24, 2.45) is 0 Å². The van der Waals surface area contributed by atoms with Crippen LogP contribution in [0.2, 0.25) is 0 Å². The molecule has 1 N–H and O–H groups in total. The molecule has 0 aliphatic carbocycles. The Labute approximate surface area is 124 Å². The number of hydrogen-bond donors (Lipinski definition) is 1. The zero-order valence-electron chi connectivity index (χ0n) is 11.0. The second kappa shape index (κ2) is 5.83. The Morgan fingerprint density at radius 1 is 1.47 bits per heavy atom. The Bertz CT molecular complexity index is 585. The molecule has 2 heterocycles. The maximum absolute atomic E-state index is 11.8. The predicted octanol–water partition coefficient (Wildman–Crippen LogP) is 3.06. The molecule has 0 bridgehead atoms. The van der Waals surface area contributed by atoms with Crippen LogP contribution in [0.15, 0.2) is 10.7 Å². The molecular formula is C12H15BrN4OS. The van der Waals surface area contributed by atoms with E-state index in [2.05, 4.69) is 31.3 Å². The molecule has 2 aromatic heterocycles. The van der Waals surface area contributed by atoms with Gasteiger partial charge in [0.25, 0.3) is 0 Å². The average Bonchev–Trinajstić information content (AvgIpc) is 2.82. The van der Waals surface area contributed by atoms with Crippen molar-refractivity contribution in [2.75, 3.05) is 5.32 Å². The molecule has 0 aromatic carbocycles. The summed E-state index contributed by atoms with van der Waals surface area (Å²) in [6.45, 7) is 6.45. The highest BCUT2D eigenvalue weighted by molar-refractivity contribution is 9.10. The number of anilines is 1. The summed E-state index contributed by atoms with van der Waals surface area (Å²) in [5.74, 6) is -0.0419. The van der Waals surface area contributed by atoms with Crippen LogP contribution >= 0.6 is 27.3 Å². The minimum absolute atomic E-state index is 0.0419. The fourth-order valence-corrected chi connectivity index (χ4v) is 2.69. The molecular weight excluding hydrogens is 328 g/mol. The van der Waals surface area contributed by atoms with Crippen molar-refractivity contribution in [3.8, 4) is 0 Å². The summed E-state index contributed by atoms with van der Waals surface area (Å²) in [6.07, 6.45) is 2.12. The van der Waals surface area contributed by atoms with E-state index in [1.165, 1.54) is 11.3 Å². The van der Waals surface area contributed by atoms with E-state index in [1.807, 2.05) is 25.5 Å². The highest BCUT2D eigenvalue weighted by atomic mass is 79.9. The van der Waals surface area contributed by atoms with Crippen LogP contribution in [-0.4, -0.2) is 20.7 Å². The van der Waals surface area contributed by atoms with Crippen molar-refractivity contribution in [2.45, 2.75) is 33.7 Å². The molecule has 0 radical (unpaired) electrons. The summed E-state index contributed by atoms with van der Waals surface area (Å²) < 4.78 is 2.77. The minimum Gasteiger partial charge on any atom is -0.302 e. The van der Waals surface area contributed by atoms with Crippen LogP contribution in [0.3, 0.4) is 0 Å². The summed E-state index contributed by atoms with van der Waals surface area (Å²) in [5, 5.41) is 7.67. The molecule has 0 spiro atoms. The molecule has 2 aromatic rings. The van der Waals surface area contributed by atoms with Crippen molar-refractivity contribution in [1.29, 1.82) is 0 Å². The van der Waals surface area contributed by atoms with Gasteiger partial charge < -0.3 is 5.32 Å². The minimum atomic E-state index is -0.0419. The van der Waals surface area contributed by atoms with Crippen molar-refractivity contribution in [3.05, 3.63) is 26.9 Å². The molecule has 7 heteroatoms. The molecule has 5 nitrogen and oxygen atoms in total. The zero-order chi connectivity index (χ0) is 14.0. The van der Waals surface area contributed by atoms with E-state index >= 15 is 0 Å². The van der Waals surface area contributed by atoms with E-state index in [-0.39, 0.29) is 5.91 Å². The highest BCUT2D eigenvalue weighted by Crippen LogP contribution is 2.21. The van der Waals surface area contributed by atoms with Gasteiger partial charge in [0.05, 0.1) is 22.9 Å². The predicted molar refractivity (Wildman–Crippen MR) is 79.5 cm³/mol. The lowest BCUT2D eigenvalue weighted by Gasteiger charge is -2.04. The van der Waals surface area contributed by atoms with Gasteiger partial charge in [-0.25, -0.2) is 4.98 Å². The van der Waals surface area contributed by atoms with Crippen molar-refractivity contribution >= 4 is 38.3 Å². The van der Waals surface area contributed by atoms with E-state index in [9.17, 15) is 4.79 Å². The molecule has 0 fully saturated rings. The smallest absolute Gasteiger partial charge is 0.228 e. The molecule has 0 saturated heterocycles. The van der Waals surface area contributed by atoms with Crippen molar-refractivity contribution < 1.29 is 4.79 Å².